The maximum atomic E-state index is 12.9. The molecule has 0 heterocycles. The minimum absolute atomic E-state index is 0.0264. The molecule has 0 bridgehead atoms. The van der Waals surface area contributed by atoms with Gasteiger partial charge in [-0.15, -0.1) is 0 Å². The molecule has 272 valence electrons. The van der Waals surface area contributed by atoms with Crippen molar-refractivity contribution in [3.63, 3.8) is 0 Å². The molecule has 4 N–H and O–H groups in total. The predicted octanol–water partition coefficient (Wildman–Crippen LogP) is 9.63. The molecule has 8 nitrogen and oxygen atoms in total. The van der Waals surface area contributed by atoms with Gasteiger partial charge in [-0.25, -0.2) is 0 Å². The summed E-state index contributed by atoms with van der Waals surface area (Å²) in [7, 11) is 0. The topological polar surface area (TPSA) is 133 Å². The Balaban J connectivity index is 1.31. The van der Waals surface area contributed by atoms with E-state index in [4.69, 9.17) is 0 Å². The van der Waals surface area contributed by atoms with Gasteiger partial charge in [-0.3, -0.25) is 19.2 Å². The highest BCUT2D eigenvalue weighted by Gasteiger charge is 2.22. The highest BCUT2D eigenvalue weighted by atomic mass is 16.4. The van der Waals surface area contributed by atoms with E-state index in [0.29, 0.717) is 11.4 Å². The number of carbonyl (C=O) groups is 4. The number of hydrogen-bond acceptors (Lipinski definition) is 4. The average molecular weight is 703 g/mol. The Morgan fingerprint density at radius 3 is 1.08 bits per heavy atom. The Labute approximate surface area is 307 Å². The van der Waals surface area contributed by atoms with Gasteiger partial charge in [0.15, 0.2) is 0 Å². The monoisotopic (exact) mass is 702 g/mol. The van der Waals surface area contributed by atoms with Gasteiger partial charge in [0.05, 0.1) is 12.8 Å². The van der Waals surface area contributed by atoms with E-state index in [1.54, 1.807) is 24.3 Å². The third-order valence-corrected chi connectivity index (χ3v) is 9.06. The molecule has 2 amide bonds. The molecule has 4 rings (SSSR count). The third kappa shape index (κ3) is 12.1. The summed E-state index contributed by atoms with van der Waals surface area (Å²) in [4.78, 5) is 49.0. The van der Waals surface area contributed by atoms with Crippen molar-refractivity contribution in [2.45, 2.75) is 89.9 Å². The quantitative estimate of drug-likeness (QED) is 0.0968. The number of hydrogen-bond donors (Lipinski definition) is 4. The van der Waals surface area contributed by atoms with E-state index in [9.17, 15) is 29.4 Å². The number of nitrogens with one attached hydrogen (secondary N) is 2. The zero-order chi connectivity index (χ0) is 38.1. The molecule has 0 aromatic heterocycles. The second-order valence-electron chi connectivity index (χ2n) is 15.4. The molecule has 2 atom stereocenters. The Morgan fingerprint density at radius 2 is 0.808 bits per heavy atom. The van der Waals surface area contributed by atoms with E-state index in [0.717, 1.165) is 33.4 Å². The van der Waals surface area contributed by atoms with Crippen LogP contribution in [0.3, 0.4) is 0 Å². The molecule has 4 aromatic carbocycles. The summed E-state index contributed by atoms with van der Waals surface area (Å²) in [5.41, 5.74) is 6.94. The van der Waals surface area contributed by atoms with Crippen LogP contribution in [0.5, 0.6) is 0 Å². The van der Waals surface area contributed by atoms with E-state index in [1.165, 1.54) is 0 Å². The molecule has 0 saturated carbocycles. The smallest absolute Gasteiger partial charge is 0.303 e. The van der Waals surface area contributed by atoms with Gasteiger partial charge in [-0.05, 0) is 68.5 Å². The SMILES string of the molecule is CC(C)(C)c1ccc(C(CC(=O)O)CC(=O)Nc2ccc(/C=C/c3ccc(NC(=O)CC(CC(=O)O)c4ccc(C(C)(C)C)cc4)cc3)cc2)cc1. The number of aliphatic carboxylic acids is 2. The highest BCUT2D eigenvalue weighted by Crippen LogP contribution is 2.30. The van der Waals surface area contributed by atoms with E-state index in [-0.39, 0.29) is 48.3 Å². The lowest BCUT2D eigenvalue weighted by Crippen LogP contribution is -2.18. The largest absolute Gasteiger partial charge is 0.481 e. The summed E-state index contributed by atoms with van der Waals surface area (Å²) in [6, 6.07) is 30.4. The Hall–Kier alpha value is -5.50. The number of amides is 2. The molecule has 52 heavy (non-hydrogen) atoms. The molecular weight excluding hydrogens is 652 g/mol. The lowest BCUT2D eigenvalue weighted by atomic mass is 9.84. The van der Waals surface area contributed by atoms with Crippen LogP contribution in [0, 0.1) is 0 Å². The first kappa shape index (κ1) is 39.3. The standard InChI is InChI=1S/C44H50N2O6/c1-43(2,3)35-17-13-31(14-18-35)33(27-41(49)50)25-39(47)45-37-21-9-29(10-22-37)7-8-30-11-23-38(24-12-30)46-40(48)26-34(28-42(51)52)32-15-19-36(20-16-32)44(4,5)6/h7-24,33-34H,25-28H2,1-6H3,(H,45,47)(H,46,48)(H,49,50)(H,51,52)/b8-7+. The van der Waals surface area contributed by atoms with Crippen LogP contribution in [0.2, 0.25) is 0 Å². The molecule has 0 aliphatic carbocycles. The lowest BCUT2D eigenvalue weighted by molar-refractivity contribution is -0.138. The number of carboxylic acids is 2. The molecule has 0 spiro atoms. The number of rotatable bonds is 14. The number of carboxylic acid groups (broad SMARTS) is 2. The molecule has 0 radical (unpaired) electrons. The predicted molar refractivity (Wildman–Crippen MR) is 209 cm³/mol. The molecule has 0 aliphatic rings. The number of carbonyl (C=O) groups excluding carboxylic acids is 2. The van der Waals surface area contributed by atoms with Crippen LogP contribution in [-0.4, -0.2) is 34.0 Å². The summed E-state index contributed by atoms with van der Waals surface area (Å²) in [6.07, 6.45) is 3.69. The van der Waals surface area contributed by atoms with Crippen LogP contribution in [0.15, 0.2) is 97.1 Å². The Morgan fingerprint density at radius 1 is 0.500 bits per heavy atom. The van der Waals surface area contributed by atoms with Crippen LogP contribution in [0.4, 0.5) is 11.4 Å². The van der Waals surface area contributed by atoms with Crippen molar-refractivity contribution in [3.05, 3.63) is 130 Å². The van der Waals surface area contributed by atoms with Gasteiger partial charge in [0, 0.05) is 36.1 Å². The van der Waals surface area contributed by atoms with Crippen LogP contribution in [-0.2, 0) is 30.0 Å². The minimum Gasteiger partial charge on any atom is -0.481 e. The highest BCUT2D eigenvalue weighted by molar-refractivity contribution is 5.92. The number of benzene rings is 4. The maximum absolute atomic E-state index is 12.9. The third-order valence-electron chi connectivity index (χ3n) is 9.06. The molecule has 2 unspecified atom stereocenters. The van der Waals surface area contributed by atoms with Crippen LogP contribution in [0.1, 0.15) is 112 Å². The molecular formula is C44H50N2O6. The van der Waals surface area contributed by atoms with Crippen molar-refractivity contribution in [1.82, 2.24) is 0 Å². The van der Waals surface area contributed by atoms with Crippen LogP contribution in [0.25, 0.3) is 12.2 Å². The van der Waals surface area contributed by atoms with Crippen molar-refractivity contribution >= 4 is 47.3 Å². The molecule has 0 saturated heterocycles. The van der Waals surface area contributed by atoms with Crippen molar-refractivity contribution in [3.8, 4) is 0 Å². The number of anilines is 2. The summed E-state index contributed by atoms with van der Waals surface area (Å²) in [5, 5.41) is 24.8. The Bertz CT molecular complexity index is 1720. The van der Waals surface area contributed by atoms with E-state index >= 15 is 0 Å². The minimum atomic E-state index is -0.951. The first-order chi connectivity index (χ1) is 24.5. The summed E-state index contributed by atoms with van der Waals surface area (Å²) < 4.78 is 0. The zero-order valence-electron chi connectivity index (χ0n) is 30.9. The molecule has 0 fully saturated rings. The van der Waals surface area contributed by atoms with Gasteiger partial charge >= 0.3 is 11.9 Å². The molecule has 8 heteroatoms. The van der Waals surface area contributed by atoms with Gasteiger partial charge in [0.25, 0.3) is 0 Å². The first-order valence-electron chi connectivity index (χ1n) is 17.6. The van der Waals surface area contributed by atoms with E-state index in [1.807, 2.05) is 84.9 Å². The van der Waals surface area contributed by atoms with Crippen molar-refractivity contribution in [2.75, 3.05) is 10.6 Å². The summed E-state index contributed by atoms with van der Waals surface area (Å²) >= 11 is 0. The van der Waals surface area contributed by atoms with Gasteiger partial charge < -0.3 is 20.8 Å². The fraction of sp³-hybridized carbons (Fsp3) is 0.318. The summed E-state index contributed by atoms with van der Waals surface area (Å²) in [5.74, 6) is -3.30. The fourth-order valence-electron chi connectivity index (χ4n) is 5.97. The van der Waals surface area contributed by atoms with E-state index < -0.39 is 23.8 Å². The second-order valence-corrected chi connectivity index (χ2v) is 15.4. The van der Waals surface area contributed by atoms with Gasteiger partial charge in [0.1, 0.15) is 0 Å². The normalized spacial score (nSPS) is 13.0. The van der Waals surface area contributed by atoms with Crippen molar-refractivity contribution in [1.29, 1.82) is 0 Å². The molecule has 0 aliphatic heterocycles. The lowest BCUT2D eigenvalue weighted by Gasteiger charge is -2.21. The van der Waals surface area contributed by atoms with E-state index in [2.05, 4.69) is 52.2 Å². The average Bonchev–Trinajstić information content (AvgIpc) is 3.07. The van der Waals surface area contributed by atoms with Gasteiger partial charge in [0.2, 0.25) is 11.8 Å². The van der Waals surface area contributed by atoms with Gasteiger partial charge in [-0.1, -0.05) is 126 Å². The van der Waals surface area contributed by atoms with Crippen LogP contribution >= 0.6 is 0 Å². The van der Waals surface area contributed by atoms with Crippen molar-refractivity contribution < 1.29 is 29.4 Å². The Kier molecular flexibility index (Phi) is 13.0. The fourth-order valence-corrected chi connectivity index (χ4v) is 5.97. The maximum Gasteiger partial charge on any atom is 0.303 e. The zero-order valence-corrected chi connectivity index (χ0v) is 30.9. The van der Waals surface area contributed by atoms with Gasteiger partial charge in [-0.2, -0.15) is 0 Å². The van der Waals surface area contributed by atoms with Crippen molar-refractivity contribution in [2.24, 2.45) is 0 Å². The second kappa shape index (κ2) is 17.1. The first-order valence-corrected chi connectivity index (χ1v) is 17.6. The summed E-state index contributed by atoms with van der Waals surface area (Å²) in [6.45, 7) is 12.7. The molecule has 4 aromatic rings. The van der Waals surface area contributed by atoms with Crippen LogP contribution < -0.4 is 10.6 Å².